The van der Waals surface area contributed by atoms with Crippen LogP contribution in [0.15, 0.2) is 0 Å². The molecule has 0 aromatic carbocycles. The average molecular weight is 468 g/mol. The molecular weight excluding hydrogens is 433 g/mol. The van der Waals surface area contributed by atoms with Crippen LogP contribution in [-0.4, -0.2) is 58.6 Å². The summed E-state index contributed by atoms with van der Waals surface area (Å²) in [5.74, 6) is 4.70. The Morgan fingerprint density at radius 3 is 1.23 bits per heavy atom. The minimum absolute atomic E-state index is 0. The van der Waals surface area contributed by atoms with Gasteiger partial charge in [0.1, 0.15) is 0 Å². The van der Waals surface area contributed by atoms with E-state index in [2.05, 4.69) is 0 Å². The summed E-state index contributed by atoms with van der Waals surface area (Å²) in [6, 6.07) is 0.0224. The molecule has 0 radical (unpaired) electrons. The van der Waals surface area contributed by atoms with Gasteiger partial charge in [-0.3, -0.25) is 0 Å². The predicted octanol–water partition coefficient (Wildman–Crippen LogP) is 2.39. The summed E-state index contributed by atoms with van der Waals surface area (Å²) in [6.07, 6.45) is 11.7. The van der Waals surface area contributed by atoms with E-state index in [-0.39, 0.29) is 41.6 Å². The fourth-order valence-electron chi connectivity index (χ4n) is 9.31. The van der Waals surface area contributed by atoms with Gasteiger partial charge in [-0.25, -0.2) is 14.1 Å². The molecule has 0 aliphatic heterocycles. The third-order valence-electron chi connectivity index (χ3n) is 9.41. The van der Waals surface area contributed by atoms with Crippen molar-refractivity contribution in [3.8, 4) is 0 Å². The normalized spacial score (nSPS) is 50.5. The van der Waals surface area contributed by atoms with E-state index in [1.54, 1.807) is 0 Å². The first-order chi connectivity index (χ1) is 13.7. The number of hydrogen-bond donors (Lipinski definition) is 2. The van der Waals surface area contributed by atoms with Gasteiger partial charge in [-0.15, -0.1) is 3.63 Å². The zero-order chi connectivity index (χ0) is 20.1. The van der Waals surface area contributed by atoms with Crippen LogP contribution >= 0.6 is 0 Å². The number of nitrogens with zero attached hydrogens (tertiary/aromatic N) is 1. The molecule has 0 amide bonds. The van der Waals surface area contributed by atoms with Crippen LogP contribution in [-0.2, 0) is 24.1 Å². The molecule has 8 aliphatic carbocycles. The molecule has 8 aliphatic rings. The summed E-state index contributed by atoms with van der Waals surface area (Å²) < 4.78 is 52.5. The van der Waals surface area contributed by atoms with Crippen molar-refractivity contribution in [1.82, 2.24) is 4.31 Å². The Bertz CT molecular complexity index is 811. The molecule has 3 N–H and O–H groups in total. The molecule has 8 saturated carbocycles. The van der Waals surface area contributed by atoms with Gasteiger partial charge < -0.3 is 0 Å². The van der Waals surface area contributed by atoms with Crippen molar-refractivity contribution in [2.75, 3.05) is 0 Å². The van der Waals surface area contributed by atoms with Gasteiger partial charge in [0.05, 0.1) is 0 Å². The summed E-state index contributed by atoms with van der Waals surface area (Å²) in [4.78, 5) is 0. The van der Waals surface area contributed by atoms with Crippen molar-refractivity contribution in [2.45, 2.75) is 76.3 Å². The Hall–Kier alpha value is 0.780. The number of nitrogens with two attached hydrogens (primary N) is 1. The number of hydrogen-bond acceptors (Lipinski definition) is 5. The molecule has 1 atom stereocenters. The molecule has 166 valence electrons. The monoisotopic (exact) mass is 467 g/mol. The van der Waals surface area contributed by atoms with Gasteiger partial charge in [0.15, 0.2) is 0 Å². The van der Waals surface area contributed by atoms with Crippen LogP contribution < -0.4 is 5.14 Å². The first kappa shape index (κ1) is 22.6. The number of rotatable bonds is 5. The zero-order valence-corrected chi connectivity index (χ0v) is 18.5. The molecule has 8 bridgehead atoms. The second kappa shape index (κ2) is 7.65. The Kier molecular flexibility index (Phi) is 5.76. The van der Waals surface area contributed by atoms with Crippen LogP contribution in [0.2, 0.25) is 0 Å². The van der Waals surface area contributed by atoms with Crippen LogP contribution in [0.5, 0.6) is 0 Å². The van der Waals surface area contributed by atoms with E-state index in [4.69, 9.17) is 13.5 Å². The van der Waals surface area contributed by atoms with E-state index in [0.717, 1.165) is 75.0 Å². The van der Waals surface area contributed by atoms with E-state index >= 15 is 0 Å². The molecule has 0 aromatic rings. The Balaban J connectivity index is 0.00000193. The topological polar surface area (TPSA) is 114 Å². The van der Waals surface area contributed by atoms with Gasteiger partial charge in [0.25, 0.3) is 0 Å². The average Bonchev–Trinajstić information content (AvgIpc) is 2.56. The molecule has 0 spiro atoms. The summed E-state index contributed by atoms with van der Waals surface area (Å²) in [5, 5.41) is 5.13. The zero-order valence-electron chi connectivity index (χ0n) is 16.8. The summed E-state index contributed by atoms with van der Waals surface area (Å²) >= 11 is 0. The minimum atomic E-state index is -4.46. The summed E-state index contributed by atoms with van der Waals surface area (Å²) in [7, 11) is -8.41. The van der Waals surface area contributed by atoms with E-state index < -0.39 is 20.5 Å². The Labute approximate surface area is 203 Å². The van der Waals surface area contributed by atoms with Crippen molar-refractivity contribution in [1.29, 1.82) is 4.78 Å². The van der Waals surface area contributed by atoms with Crippen LogP contribution in [0.3, 0.4) is 0 Å². The van der Waals surface area contributed by atoms with Gasteiger partial charge in [-0.05, 0) is 112 Å². The Morgan fingerprint density at radius 2 is 0.967 bits per heavy atom. The molecule has 8 rings (SSSR count). The quantitative estimate of drug-likeness (QED) is 0.604. The maximum absolute atomic E-state index is 13.7. The van der Waals surface area contributed by atoms with Crippen LogP contribution in [0.4, 0.5) is 0 Å². The van der Waals surface area contributed by atoms with Crippen molar-refractivity contribution in [2.24, 2.45) is 52.5 Å². The molecule has 1 unspecified atom stereocenters. The van der Waals surface area contributed by atoms with Gasteiger partial charge >= 0.3 is 39.9 Å². The van der Waals surface area contributed by atoms with Gasteiger partial charge in [-0.1, -0.05) is 0 Å². The van der Waals surface area contributed by atoms with E-state index in [0.29, 0.717) is 23.7 Å². The van der Waals surface area contributed by atoms with E-state index in [1.165, 1.54) is 12.8 Å². The third kappa shape index (κ3) is 3.77. The second-order valence-electron chi connectivity index (χ2n) is 11.2. The van der Waals surface area contributed by atoms with Crippen molar-refractivity contribution < 1.29 is 16.3 Å². The van der Waals surface area contributed by atoms with E-state index in [9.17, 15) is 12.6 Å². The molecule has 0 heterocycles. The Morgan fingerprint density at radius 1 is 0.667 bits per heavy atom. The van der Waals surface area contributed by atoms with Crippen molar-refractivity contribution in [3.05, 3.63) is 0 Å². The molecule has 7 nitrogen and oxygen atoms in total. The summed E-state index contributed by atoms with van der Waals surface area (Å²) in [6.45, 7) is 0. The first-order valence-corrected chi connectivity index (χ1v) is 14.4. The number of nitrogens with one attached hydrogen (secondary N) is 1. The van der Waals surface area contributed by atoms with Crippen LogP contribution in [0.25, 0.3) is 0 Å². The predicted molar refractivity (Wildman–Crippen MR) is 116 cm³/mol. The van der Waals surface area contributed by atoms with Crippen molar-refractivity contribution in [3.63, 3.8) is 0 Å². The maximum atomic E-state index is 13.7. The first-order valence-electron chi connectivity index (χ1n) is 11.5. The summed E-state index contributed by atoms with van der Waals surface area (Å²) in [5.41, 5.74) is 0. The SMILES string of the molecule is N=S(=O)(OS(N)(=O)=O)N(C1C2CC3CC(C2)CC1C3)C1C2CC3CC(C2)CC1C3.[NaH]. The van der Waals surface area contributed by atoms with Gasteiger partial charge in [-0.2, -0.15) is 12.7 Å². The molecule has 10 heteroatoms. The standard InChI is InChI=1S/C20H33N3O4S2.Na.H/c21-28(24,27-29(22,25)26)23(19-15-3-11-1-12(5-15)6-16(19)4-11)20-17-7-13-2-14(9-17)10-18(20)8-13;;/h11-21H,1-10H2,(H2,22,25,26);;. The second-order valence-corrected chi connectivity index (χ2v) is 14.1. The van der Waals surface area contributed by atoms with E-state index in [1.807, 2.05) is 4.31 Å². The van der Waals surface area contributed by atoms with Gasteiger partial charge in [0, 0.05) is 12.1 Å². The van der Waals surface area contributed by atoms with Gasteiger partial charge in [0.2, 0.25) is 10.2 Å². The third-order valence-corrected chi connectivity index (χ3v) is 11.9. The molecule has 0 aromatic heterocycles. The fourth-order valence-corrected chi connectivity index (χ4v) is 11.9. The molecule has 8 fully saturated rings. The fraction of sp³-hybridized carbons (Fsp3) is 1.00. The molecular formula is C20H34N3NaO4S2. The van der Waals surface area contributed by atoms with Crippen molar-refractivity contribution >= 4 is 50.1 Å². The van der Waals surface area contributed by atoms with Crippen LogP contribution in [0, 0.1) is 52.1 Å². The van der Waals surface area contributed by atoms with Crippen LogP contribution in [0.1, 0.15) is 64.2 Å². The molecule has 0 saturated heterocycles. The molecule has 30 heavy (non-hydrogen) atoms.